The van der Waals surface area contributed by atoms with Gasteiger partial charge in [-0.15, -0.1) is 11.3 Å². The van der Waals surface area contributed by atoms with Crippen molar-refractivity contribution in [2.45, 2.75) is 13.3 Å². The third-order valence-electron chi connectivity index (χ3n) is 2.52. The van der Waals surface area contributed by atoms with Gasteiger partial charge in [0.05, 0.1) is 19.1 Å². The molecular formula is C11H14N2O4S. The maximum absolute atomic E-state index is 11.8. The van der Waals surface area contributed by atoms with Crippen molar-refractivity contribution in [2.75, 3.05) is 25.1 Å². The molecule has 7 heteroatoms. The van der Waals surface area contributed by atoms with E-state index in [1.807, 2.05) is 0 Å². The van der Waals surface area contributed by atoms with Crippen molar-refractivity contribution >= 4 is 28.3 Å². The molecule has 1 aliphatic rings. The average molecular weight is 270 g/mol. The Hall–Kier alpha value is -1.47. The number of esters is 1. The van der Waals surface area contributed by atoms with E-state index in [4.69, 9.17) is 9.47 Å². The molecule has 0 aliphatic carbocycles. The van der Waals surface area contributed by atoms with Crippen LogP contribution in [0.5, 0.6) is 0 Å². The van der Waals surface area contributed by atoms with Crippen LogP contribution in [-0.2, 0) is 14.3 Å². The largest absolute Gasteiger partial charge is 0.461 e. The molecule has 2 rings (SSSR count). The van der Waals surface area contributed by atoms with Crippen LogP contribution in [0.25, 0.3) is 0 Å². The Morgan fingerprint density at radius 1 is 1.67 bits per heavy atom. The third-order valence-corrected chi connectivity index (χ3v) is 3.28. The van der Waals surface area contributed by atoms with Gasteiger partial charge in [0.25, 0.3) is 0 Å². The highest BCUT2D eigenvalue weighted by molar-refractivity contribution is 7.14. The number of aromatic nitrogens is 1. The summed E-state index contributed by atoms with van der Waals surface area (Å²) in [5.74, 6) is -0.712. The monoisotopic (exact) mass is 270 g/mol. The molecule has 1 amide bonds. The Morgan fingerprint density at radius 3 is 3.17 bits per heavy atom. The fourth-order valence-corrected chi connectivity index (χ4v) is 2.26. The molecule has 1 aromatic heterocycles. The number of hydrogen-bond donors (Lipinski definition) is 1. The van der Waals surface area contributed by atoms with E-state index in [0.29, 0.717) is 25.0 Å². The molecule has 0 aromatic carbocycles. The van der Waals surface area contributed by atoms with Crippen LogP contribution in [0.1, 0.15) is 23.8 Å². The summed E-state index contributed by atoms with van der Waals surface area (Å²) < 4.78 is 9.96. The van der Waals surface area contributed by atoms with Crippen molar-refractivity contribution < 1.29 is 19.1 Å². The molecule has 1 atom stereocenters. The van der Waals surface area contributed by atoms with E-state index in [1.54, 1.807) is 12.3 Å². The number of nitrogens with zero attached hydrogens (tertiary/aromatic N) is 1. The van der Waals surface area contributed by atoms with Crippen molar-refractivity contribution in [1.29, 1.82) is 0 Å². The second-order valence-corrected chi connectivity index (χ2v) is 4.67. The summed E-state index contributed by atoms with van der Waals surface area (Å²) in [5.41, 5.74) is 0.222. The van der Waals surface area contributed by atoms with E-state index in [1.165, 1.54) is 11.3 Å². The van der Waals surface area contributed by atoms with Gasteiger partial charge in [-0.3, -0.25) is 4.79 Å². The summed E-state index contributed by atoms with van der Waals surface area (Å²) in [7, 11) is 0. The Kier molecular flexibility index (Phi) is 4.27. The summed E-state index contributed by atoms with van der Waals surface area (Å²) in [6.45, 7) is 3.09. The normalized spacial score (nSPS) is 18.6. The number of thiazole rings is 1. The van der Waals surface area contributed by atoms with Gasteiger partial charge in [0.2, 0.25) is 5.91 Å². The van der Waals surface area contributed by atoms with Crippen molar-refractivity contribution in [2.24, 2.45) is 5.92 Å². The molecule has 1 aliphatic heterocycles. The highest BCUT2D eigenvalue weighted by Crippen LogP contribution is 2.19. The number of carbonyl (C=O) groups is 2. The Bertz CT molecular complexity index is 440. The SMILES string of the molecule is CCOC(=O)c1csc(NC(=O)C2CCOC2)n1. The lowest BCUT2D eigenvalue weighted by molar-refractivity contribution is -0.119. The molecule has 0 saturated carbocycles. The molecule has 0 radical (unpaired) electrons. The maximum Gasteiger partial charge on any atom is 0.357 e. The van der Waals surface area contributed by atoms with Crippen LogP contribution in [0.3, 0.4) is 0 Å². The van der Waals surface area contributed by atoms with Crippen LogP contribution >= 0.6 is 11.3 Å². The van der Waals surface area contributed by atoms with Crippen molar-refractivity contribution in [3.8, 4) is 0 Å². The second kappa shape index (κ2) is 5.92. The van der Waals surface area contributed by atoms with Crippen LogP contribution in [0.2, 0.25) is 0 Å². The molecule has 2 heterocycles. The van der Waals surface area contributed by atoms with Crippen molar-refractivity contribution in [1.82, 2.24) is 4.98 Å². The smallest absolute Gasteiger partial charge is 0.357 e. The molecule has 1 unspecified atom stereocenters. The number of ether oxygens (including phenoxy) is 2. The fourth-order valence-electron chi connectivity index (χ4n) is 1.58. The van der Waals surface area contributed by atoms with Crippen LogP contribution in [-0.4, -0.2) is 36.7 Å². The summed E-state index contributed by atoms with van der Waals surface area (Å²) in [4.78, 5) is 27.2. The minimum absolute atomic E-state index is 0.114. The van der Waals surface area contributed by atoms with Gasteiger partial charge in [0, 0.05) is 12.0 Å². The van der Waals surface area contributed by atoms with Crippen LogP contribution in [0.15, 0.2) is 5.38 Å². The van der Waals surface area contributed by atoms with E-state index >= 15 is 0 Å². The summed E-state index contributed by atoms with van der Waals surface area (Å²) >= 11 is 1.21. The van der Waals surface area contributed by atoms with E-state index in [9.17, 15) is 9.59 Å². The summed E-state index contributed by atoms with van der Waals surface area (Å²) in [6.07, 6.45) is 0.724. The molecule has 6 nitrogen and oxygen atoms in total. The van der Waals surface area contributed by atoms with Gasteiger partial charge in [-0.2, -0.15) is 0 Å². The maximum atomic E-state index is 11.8. The number of nitrogens with one attached hydrogen (secondary N) is 1. The van der Waals surface area contributed by atoms with Gasteiger partial charge in [0.15, 0.2) is 10.8 Å². The van der Waals surface area contributed by atoms with E-state index in [-0.39, 0.29) is 17.5 Å². The molecule has 1 N–H and O–H groups in total. The molecule has 18 heavy (non-hydrogen) atoms. The topological polar surface area (TPSA) is 77.5 Å². The van der Waals surface area contributed by atoms with Crippen LogP contribution in [0.4, 0.5) is 5.13 Å². The van der Waals surface area contributed by atoms with Gasteiger partial charge in [0.1, 0.15) is 0 Å². The number of rotatable bonds is 4. The van der Waals surface area contributed by atoms with Crippen molar-refractivity contribution in [3.05, 3.63) is 11.1 Å². The first-order valence-electron chi connectivity index (χ1n) is 5.72. The zero-order valence-corrected chi connectivity index (χ0v) is 10.8. The van der Waals surface area contributed by atoms with E-state index in [0.717, 1.165) is 6.42 Å². The van der Waals surface area contributed by atoms with Gasteiger partial charge in [-0.1, -0.05) is 0 Å². The standard InChI is InChI=1S/C11H14N2O4S/c1-2-17-10(15)8-6-18-11(12-8)13-9(14)7-3-4-16-5-7/h6-7H,2-5H2,1H3,(H,12,13,14). The zero-order chi connectivity index (χ0) is 13.0. The lowest BCUT2D eigenvalue weighted by atomic mass is 10.1. The van der Waals surface area contributed by atoms with Gasteiger partial charge in [-0.25, -0.2) is 9.78 Å². The Morgan fingerprint density at radius 2 is 2.50 bits per heavy atom. The number of hydrogen-bond acceptors (Lipinski definition) is 6. The third kappa shape index (κ3) is 3.05. The number of amides is 1. The molecule has 1 aromatic rings. The van der Waals surface area contributed by atoms with Crippen molar-refractivity contribution in [3.63, 3.8) is 0 Å². The lowest BCUT2D eigenvalue weighted by Crippen LogP contribution is -2.22. The molecule has 1 fully saturated rings. The van der Waals surface area contributed by atoms with Gasteiger partial charge in [-0.05, 0) is 13.3 Å². The molecule has 98 valence electrons. The Labute approximate surface area is 108 Å². The summed E-state index contributed by atoms with van der Waals surface area (Å²) in [6, 6.07) is 0. The predicted molar refractivity (Wildman–Crippen MR) is 65.6 cm³/mol. The van der Waals surface area contributed by atoms with Gasteiger partial charge < -0.3 is 14.8 Å². The highest BCUT2D eigenvalue weighted by Gasteiger charge is 2.24. The number of anilines is 1. The quantitative estimate of drug-likeness (QED) is 0.834. The van der Waals surface area contributed by atoms with E-state index in [2.05, 4.69) is 10.3 Å². The zero-order valence-electron chi connectivity index (χ0n) is 9.97. The molecule has 0 bridgehead atoms. The fraction of sp³-hybridized carbons (Fsp3) is 0.545. The van der Waals surface area contributed by atoms with E-state index < -0.39 is 5.97 Å². The minimum atomic E-state index is -0.474. The first-order chi connectivity index (χ1) is 8.70. The molecule has 0 spiro atoms. The minimum Gasteiger partial charge on any atom is -0.461 e. The second-order valence-electron chi connectivity index (χ2n) is 3.81. The number of carbonyl (C=O) groups excluding carboxylic acids is 2. The Balaban J connectivity index is 1.93. The van der Waals surface area contributed by atoms with Crippen LogP contribution < -0.4 is 5.32 Å². The first-order valence-corrected chi connectivity index (χ1v) is 6.60. The lowest BCUT2D eigenvalue weighted by Gasteiger charge is -2.05. The van der Waals surface area contributed by atoms with Crippen LogP contribution in [0, 0.1) is 5.92 Å². The average Bonchev–Trinajstić information content (AvgIpc) is 2.99. The molecular weight excluding hydrogens is 256 g/mol. The summed E-state index contributed by atoms with van der Waals surface area (Å²) in [5, 5.41) is 4.66. The first kappa shape index (κ1) is 13.0. The van der Waals surface area contributed by atoms with Gasteiger partial charge >= 0.3 is 5.97 Å². The highest BCUT2D eigenvalue weighted by atomic mass is 32.1. The molecule has 1 saturated heterocycles. The predicted octanol–water partition coefficient (Wildman–Crippen LogP) is 1.29.